The minimum absolute atomic E-state index is 0.194. The van der Waals surface area contributed by atoms with Crippen LogP contribution in [0.3, 0.4) is 0 Å². The second kappa shape index (κ2) is 8.74. The van der Waals surface area contributed by atoms with E-state index >= 15 is 0 Å². The van der Waals surface area contributed by atoms with Crippen LogP contribution in [0.5, 0.6) is 5.75 Å². The van der Waals surface area contributed by atoms with Gasteiger partial charge in [0.05, 0.1) is 18.7 Å². The number of aryl methyl sites for hydroxylation is 1. The van der Waals surface area contributed by atoms with Crippen LogP contribution in [0.4, 0.5) is 0 Å². The smallest absolute Gasteiger partial charge is 0.290 e. The molecule has 1 heterocycles. The Bertz CT molecular complexity index is 871. The number of amides is 1. The lowest BCUT2D eigenvalue weighted by atomic mass is 9.93. The molecular formula is C23H25NO4. The van der Waals surface area contributed by atoms with Crippen molar-refractivity contribution in [2.24, 2.45) is 0 Å². The molecule has 0 fully saturated rings. The third-order valence-corrected chi connectivity index (χ3v) is 4.98. The third-order valence-electron chi connectivity index (χ3n) is 4.98. The second-order valence-electron chi connectivity index (χ2n) is 6.85. The molecule has 1 N–H and O–H groups in total. The second-order valence-corrected chi connectivity index (χ2v) is 6.85. The number of ether oxygens (including phenoxy) is 1. The topological polar surface area (TPSA) is 66.8 Å². The van der Waals surface area contributed by atoms with Gasteiger partial charge in [-0.25, -0.2) is 0 Å². The van der Waals surface area contributed by atoms with Gasteiger partial charge in [-0.05, 0) is 36.1 Å². The maximum absolute atomic E-state index is 13.0. The fourth-order valence-corrected chi connectivity index (χ4v) is 3.58. The quantitative estimate of drug-likeness (QED) is 0.753. The van der Waals surface area contributed by atoms with Crippen LogP contribution in [0, 0.1) is 0 Å². The van der Waals surface area contributed by atoms with Crippen LogP contribution < -0.4 is 4.74 Å². The zero-order valence-corrected chi connectivity index (χ0v) is 16.2. The monoisotopic (exact) mass is 379 g/mol. The number of aliphatic hydroxyl groups is 1. The van der Waals surface area contributed by atoms with Gasteiger partial charge in [0, 0.05) is 13.0 Å². The van der Waals surface area contributed by atoms with E-state index in [-0.39, 0.29) is 17.8 Å². The number of Topliss-reactive ketones (excluding diaryl/α,β-unsaturated/α-hetero) is 1. The number of rotatable bonds is 8. The number of nitrogens with zero attached hydrogens (tertiary/aromatic N) is 1. The number of hydrogen-bond acceptors (Lipinski definition) is 4. The van der Waals surface area contributed by atoms with Crippen molar-refractivity contribution in [3.8, 4) is 5.75 Å². The number of carbonyl (C=O) groups excluding carboxylic acids is 2. The highest BCUT2D eigenvalue weighted by Crippen LogP contribution is 2.38. The molecule has 0 aliphatic carbocycles. The number of aliphatic hydroxyl groups excluding tert-OH is 1. The predicted molar refractivity (Wildman–Crippen MR) is 107 cm³/mol. The van der Waals surface area contributed by atoms with Crippen molar-refractivity contribution in [1.29, 1.82) is 0 Å². The summed E-state index contributed by atoms with van der Waals surface area (Å²) in [4.78, 5) is 27.2. The number of methoxy groups -OCH3 is 1. The van der Waals surface area contributed by atoms with Crippen molar-refractivity contribution < 1.29 is 19.4 Å². The normalized spacial score (nSPS) is 16.6. The molecule has 28 heavy (non-hydrogen) atoms. The Kier molecular flexibility index (Phi) is 6.14. The average Bonchev–Trinajstić information content (AvgIpc) is 2.98. The van der Waals surface area contributed by atoms with E-state index < -0.39 is 17.7 Å². The van der Waals surface area contributed by atoms with E-state index in [2.05, 4.69) is 0 Å². The summed E-state index contributed by atoms with van der Waals surface area (Å²) in [6.07, 6.45) is 1.54. The summed E-state index contributed by atoms with van der Waals surface area (Å²) in [6, 6.07) is 16.4. The van der Waals surface area contributed by atoms with Gasteiger partial charge in [-0.15, -0.1) is 0 Å². The molecule has 146 valence electrons. The molecule has 1 aliphatic heterocycles. The molecule has 1 unspecified atom stereocenters. The number of hydrogen-bond donors (Lipinski definition) is 1. The Hall–Kier alpha value is -3.08. The Balaban J connectivity index is 1.90. The SMILES string of the molecule is CCCN1C(=O)C(O)=C(C(=O)CCc2ccccc2)C1c1ccc(OC)cc1. The summed E-state index contributed by atoms with van der Waals surface area (Å²) in [6.45, 7) is 2.43. The van der Waals surface area contributed by atoms with Gasteiger partial charge in [0.1, 0.15) is 5.75 Å². The minimum Gasteiger partial charge on any atom is -0.503 e. The van der Waals surface area contributed by atoms with Crippen LogP contribution in [-0.4, -0.2) is 35.4 Å². The standard InChI is InChI=1S/C23H25NO4/c1-3-15-24-21(17-10-12-18(28-2)13-11-17)20(22(26)23(24)27)19(25)14-9-16-7-5-4-6-8-16/h4-8,10-13,21,26H,3,9,14-15H2,1-2H3. The highest BCUT2D eigenvalue weighted by atomic mass is 16.5. The Labute approximate surface area is 165 Å². The van der Waals surface area contributed by atoms with E-state index in [1.54, 1.807) is 24.1 Å². The van der Waals surface area contributed by atoms with Crippen molar-refractivity contribution in [1.82, 2.24) is 4.90 Å². The molecule has 1 amide bonds. The van der Waals surface area contributed by atoms with E-state index in [0.717, 1.165) is 17.5 Å². The zero-order valence-electron chi connectivity index (χ0n) is 16.2. The Morgan fingerprint density at radius 2 is 1.79 bits per heavy atom. The number of ketones is 1. The summed E-state index contributed by atoms with van der Waals surface area (Å²) in [5, 5.41) is 10.5. The largest absolute Gasteiger partial charge is 0.503 e. The average molecular weight is 379 g/mol. The Morgan fingerprint density at radius 3 is 2.39 bits per heavy atom. The zero-order chi connectivity index (χ0) is 20.1. The van der Waals surface area contributed by atoms with Gasteiger partial charge >= 0.3 is 0 Å². The molecule has 5 nitrogen and oxygen atoms in total. The van der Waals surface area contributed by atoms with Gasteiger partial charge in [-0.3, -0.25) is 9.59 Å². The van der Waals surface area contributed by atoms with Crippen LogP contribution in [0.2, 0.25) is 0 Å². The van der Waals surface area contributed by atoms with E-state index in [0.29, 0.717) is 18.7 Å². The van der Waals surface area contributed by atoms with Crippen LogP contribution >= 0.6 is 0 Å². The molecule has 0 saturated heterocycles. The maximum Gasteiger partial charge on any atom is 0.290 e. The van der Waals surface area contributed by atoms with E-state index in [1.807, 2.05) is 49.4 Å². The molecule has 1 atom stereocenters. The third kappa shape index (κ3) is 3.93. The maximum atomic E-state index is 13.0. The number of benzene rings is 2. The lowest BCUT2D eigenvalue weighted by Gasteiger charge is -2.26. The molecule has 1 aliphatic rings. The highest BCUT2D eigenvalue weighted by molar-refractivity contribution is 6.09. The molecule has 0 aromatic heterocycles. The lowest BCUT2D eigenvalue weighted by Crippen LogP contribution is -2.31. The molecule has 3 rings (SSSR count). The first-order chi connectivity index (χ1) is 13.6. The molecule has 0 radical (unpaired) electrons. The molecule has 0 spiro atoms. The van der Waals surface area contributed by atoms with Crippen molar-refractivity contribution in [2.45, 2.75) is 32.2 Å². The predicted octanol–water partition coefficient (Wildman–Crippen LogP) is 4.00. The van der Waals surface area contributed by atoms with Crippen molar-refractivity contribution in [3.05, 3.63) is 77.1 Å². The van der Waals surface area contributed by atoms with Crippen molar-refractivity contribution in [2.75, 3.05) is 13.7 Å². The van der Waals surface area contributed by atoms with Gasteiger partial charge in [0.15, 0.2) is 11.5 Å². The van der Waals surface area contributed by atoms with Crippen molar-refractivity contribution in [3.63, 3.8) is 0 Å². The number of carbonyl (C=O) groups is 2. The van der Waals surface area contributed by atoms with Crippen LogP contribution in [0.1, 0.15) is 36.9 Å². The van der Waals surface area contributed by atoms with Gasteiger partial charge in [-0.1, -0.05) is 49.4 Å². The fraction of sp³-hybridized carbons (Fsp3) is 0.304. The van der Waals surface area contributed by atoms with Gasteiger partial charge in [0.2, 0.25) is 0 Å². The van der Waals surface area contributed by atoms with Gasteiger partial charge in [-0.2, -0.15) is 0 Å². The molecule has 2 aromatic carbocycles. The first-order valence-electron chi connectivity index (χ1n) is 9.52. The fourth-order valence-electron chi connectivity index (χ4n) is 3.58. The van der Waals surface area contributed by atoms with Gasteiger partial charge < -0.3 is 14.7 Å². The van der Waals surface area contributed by atoms with E-state index in [4.69, 9.17) is 4.74 Å². The molecule has 2 aromatic rings. The summed E-state index contributed by atoms with van der Waals surface area (Å²) in [5.74, 6) is -0.410. The first kappa shape index (κ1) is 19.7. The molecule has 5 heteroatoms. The molecular weight excluding hydrogens is 354 g/mol. The van der Waals surface area contributed by atoms with Crippen LogP contribution in [0.25, 0.3) is 0 Å². The van der Waals surface area contributed by atoms with Crippen LogP contribution in [-0.2, 0) is 16.0 Å². The van der Waals surface area contributed by atoms with E-state index in [1.165, 1.54) is 0 Å². The van der Waals surface area contributed by atoms with Gasteiger partial charge in [0.25, 0.3) is 5.91 Å². The first-order valence-corrected chi connectivity index (χ1v) is 9.52. The minimum atomic E-state index is -0.568. The summed E-state index contributed by atoms with van der Waals surface area (Å²) >= 11 is 0. The summed E-state index contributed by atoms with van der Waals surface area (Å²) < 4.78 is 5.20. The lowest BCUT2D eigenvalue weighted by molar-refractivity contribution is -0.129. The molecule has 0 saturated carbocycles. The molecule has 0 bridgehead atoms. The van der Waals surface area contributed by atoms with E-state index in [9.17, 15) is 14.7 Å². The van der Waals surface area contributed by atoms with Crippen LogP contribution in [0.15, 0.2) is 65.9 Å². The Morgan fingerprint density at radius 1 is 1.11 bits per heavy atom. The highest BCUT2D eigenvalue weighted by Gasteiger charge is 2.42. The summed E-state index contributed by atoms with van der Waals surface area (Å²) in [5.41, 5.74) is 2.03. The van der Waals surface area contributed by atoms with Crippen molar-refractivity contribution >= 4 is 11.7 Å². The summed E-state index contributed by atoms with van der Waals surface area (Å²) in [7, 11) is 1.59.